The maximum atomic E-state index is 12.8. The van der Waals surface area contributed by atoms with Gasteiger partial charge in [0.05, 0.1) is 6.61 Å². The quantitative estimate of drug-likeness (QED) is 0.800. The molecule has 0 aromatic carbocycles. The van der Waals surface area contributed by atoms with Crippen LogP contribution in [0.25, 0.3) is 11.2 Å². The molecule has 8 heteroatoms. The van der Waals surface area contributed by atoms with Crippen molar-refractivity contribution in [1.82, 2.24) is 18.7 Å². The first-order valence-electron chi connectivity index (χ1n) is 9.02. The molecular weight excluding hydrogens is 324 g/mol. The lowest BCUT2D eigenvalue weighted by Crippen LogP contribution is -2.39. The highest BCUT2D eigenvalue weighted by molar-refractivity contribution is 5.71. The number of nitrogens with zero attached hydrogens (tertiary/aromatic N) is 4. The summed E-state index contributed by atoms with van der Waals surface area (Å²) in [7, 11) is 1.60. The van der Waals surface area contributed by atoms with Gasteiger partial charge in [-0.05, 0) is 32.1 Å². The largest absolute Gasteiger partial charge is 0.464 e. The molecule has 0 aliphatic heterocycles. The van der Waals surface area contributed by atoms with Gasteiger partial charge < -0.3 is 9.84 Å². The van der Waals surface area contributed by atoms with E-state index >= 15 is 0 Å². The lowest BCUT2D eigenvalue weighted by Gasteiger charge is -2.11. The van der Waals surface area contributed by atoms with Gasteiger partial charge in [-0.1, -0.05) is 12.8 Å². The Bertz CT molecular complexity index is 858. The van der Waals surface area contributed by atoms with Crippen molar-refractivity contribution in [2.24, 2.45) is 13.0 Å². The summed E-state index contributed by atoms with van der Waals surface area (Å²) in [4.78, 5) is 29.7. The third kappa shape index (κ3) is 3.22. The summed E-state index contributed by atoms with van der Waals surface area (Å²) in [6.07, 6.45) is 5.16. The highest BCUT2D eigenvalue weighted by Gasteiger charge is 2.22. The molecule has 2 aromatic rings. The van der Waals surface area contributed by atoms with Crippen LogP contribution in [0.2, 0.25) is 0 Å². The summed E-state index contributed by atoms with van der Waals surface area (Å²) >= 11 is 0. The summed E-state index contributed by atoms with van der Waals surface area (Å²) in [6.45, 7) is 3.16. The van der Waals surface area contributed by atoms with E-state index in [1.165, 1.54) is 30.3 Å². The second-order valence-electron chi connectivity index (χ2n) is 6.65. The first kappa shape index (κ1) is 17.7. The van der Waals surface area contributed by atoms with Crippen LogP contribution in [-0.2, 0) is 20.1 Å². The average molecular weight is 350 g/mol. The molecule has 0 atom stereocenters. The van der Waals surface area contributed by atoms with E-state index in [1.54, 1.807) is 11.6 Å². The summed E-state index contributed by atoms with van der Waals surface area (Å²) in [5.74, 6) is 0.537. The van der Waals surface area contributed by atoms with Gasteiger partial charge >= 0.3 is 5.69 Å². The molecule has 1 aliphatic carbocycles. The number of aryl methyl sites for hydroxylation is 2. The number of ether oxygens (including phenoxy) is 1. The molecule has 0 unspecified atom stereocenters. The Morgan fingerprint density at radius 3 is 2.60 bits per heavy atom. The Morgan fingerprint density at radius 2 is 1.96 bits per heavy atom. The SMILES string of the molecule is CCn1c(OCC2CCCC2)nc2c1c(=O)n(CCCO)c(=O)n2C. The van der Waals surface area contributed by atoms with Gasteiger partial charge in [-0.15, -0.1) is 0 Å². The van der Waals surface area contributed by atoms with Crippen LogP contribution in [0.4, 0.5) is 0 Å². The molecule has 1 N–H and O–H groups in total. The lowest BCUT2D eigenvalue weighted by molar-refractivity contribution is 0.226. The highest BCUT2D eigenvalue weighted by Crippen LogP contribution is 2.26. The number of aliphatic hydroxyl groups is 1. The minimum Gasteiger partial charge on any atom is -0.464 e. The standard InChI is InChI=1S/C17H26N4O4/c1-3-20-13-14(18-16(20)25-11-12-7-4-5-8-12)19(2)17(24)21(15(13)23)9-6-10-22/h12,22H,3-11H2,1-2H3. The Morgan fingerprint density at radius 1 is 1.24 bits per heavy atom. The molecule has 3 rings (SSSR count). The molecule has 1 saturated carbocycles. The van der Waals surface area contributed by atoms with Gasteiger partial charge in [-0.2, -0.15) is 4.98 Å². The molecule has 2 aromatic heterocycles. The first-order valence-corrected chi connectivity index (χ1v) is 9.02. The molecule has 2 heterocycles. The maximum Gasteiger partial charge on any atom is 0.332 e. The normalized spacial score (nSPS) is 15.3. The maximum absolute atomic E-state index is 12.8. The third-order valence-electron chi connectivity index (χ3n) is 4.98. The van der Waals surface area contributed by atoms with Gasteiger partial charge in [0.2, 0.25) is 0 Å². The van der Waals surface area contributed by atoms with E-state index in [9.17, 15) is 9.59 Å². The van der Waals surface area contributed by atoms with Crippen LogP contribution in [0.15, 0.2) is 9.59 Å². The second kappa shape index (κ2) is 7.43. The van der Waals surface area contributed by atoms with Crippen molar-refractivity contribution in [3.63, 3.8) is 0 Å². The van der Waals surface area contributed by atoms with Crippen LogP contribution >= 0.6 is 0 Å². The van der Waals surface area contributed by atoms with Crippen LogP contribution in [0.1, 0.15) is 39.0 Å². The molecular formula is C17H26N4O4. The summed E-state index contributed by atoms with van der Waals surface area (Å²) in [5.41, 5.74) is -0.0758. The Kier molecular flexibility index (Phi) is 5.27. The van der Waals surface area contributed by atoms with Gasteiger partial charge in [0.15, 0.2) is 11.2 Å². The Labute approximate surface area is 145 Å². The third-order valence-corrected chi connectivity index (χ3v) is 4.98. The van der Waals surface area contributed by atoms with E-state index in [0.29, 0.717) is 42.7 Å². The fourth-order valence-corrected chi connectivity index (χ4v) is 3.55. The zero-order chi connectivity index (χ0) is 18.0. The van der Waals surface area contributed by atoms with Crippen LogP contribution in [0.3, 0.4) is 0 Å². The zero-order valence-corrected chi connectivity index (χ0v) is 14.9. The molecule has 0 spiro atoms. The lowest BCUT2D eigenvalue weighted by atomic mass is 10.1. The van der Waals surface area contributed by atoms with Crippen LogP contribution < -0.4 is 16.0 Å². The van der Waals surface area contributed by atoms with E-state index in [4.69, 9.17) is 9.84 Å². The molecule has 8 nitrogen and oxygen atoms in total. The van der Waals surface area contributed by atoms with Crippen molar-refractivity contribution in [2.75, 3.05) is 13.2 Å². The number of aromatic nitrogens is 4. The van der Waals surface area contributed by atoms with E-state index in [0.717, 1.165) is 4.57 Å². The van der Waals surface area contributed by atoms with Crippen molar-refractivity contribution in [3.8, 4) is 6.01 Å². The van der Waals surface area contributed by atoms with E-state index in [1.807, 2.05) is 6.92 Å². The second-order valence-corrected chi connectivity index (χ2v) is 6.65. The smallest absolute Gasteiger partial charge is 0.332 e. The topological polar surface area (TPSA) is 91.3 Å². The number of aliphatic hydroxyl groups excluding tert-OH is 1. The molecule has 0 amide bonds. The van der Waals surface area contributed by atoms with Gasteiger partial charge in [0.1, 0.15) is 0 Å². The molecule has 25 heavy (non-hydrogen) atoms. The van der Waals surface area contributed by atoms with Crippen LogP contribution in [0.5, 0.6) is 6.01 Å². The van der Waals surface area contributed by atoms with E-state index < -0.39 is 5.69 Å². The highest BCUT2D eigenvalue weighted by atomic mass is 16.5. The summed E-state index contributed by atoms with van der Waals surface area (Å²) < 4.78 is 10.2. The van der Waals surface area contributed by atoms with Gasteiger partial charge in [-0.3, -0.25) is 18.5 Å². The summed E-state index contributed by atoms with van der Waals surface area (Å²) in [6, 6.07) is 0.399. The number of imidazole rings is 1. The van der Waals surface area contributed by atoms with Crippen LogP contribution in [-0.4, -0.2) is 37.0 Å². The number of hydrogen-bond donors (Lipinski definition) is 1. The number of rotatable bonds is 7. The van der Waals surface area contributed by atoms with Crippen molar-refractivity contribution < 1.29 is 9.84 Å². The summed E-state index contributed by atoms with van der Waals surface area (Å²) in [5, 5.41) is 9.01. The monoisotopic (exact) mass is 350 g/mol. The molecule has 1 fully saturated rings. The Hall–Kier alpha value is -2.09. The molecule has 138 valence electrons. The van der Waals surface area contributed by atoms with Crippen LogP contribution in [0, 0.1) is 5.92 Å². The van der Waals surface area contributed by atoms with Crippen molar-refractivity contribution in [3.05, 3.63) is 20.8 Å². The molecule has 0 bridgehead atoms. The average Bonchev–Trinajstić information content (AvgIpc) is 3.25. The molecule has 1 aliphatic rings. The predicted octanol–water partition coefficient (Wildman–Crippen LogP) is 0.868. The van der Waals surface area contributed by atoms with Gasteiger partial charge in [0.25, 0.3) is 11.6 Å². The van der Waals surface area contributed by atoms with E-state index in [-0.39, 0.29) is 18.7 Å². The van der Waals surface area contributed by atoms with Crippen molar-refractivity contribution in [2.45, 2.75) is 52.1 Å². The van der Waals surface area contributed by atoms with Gasteiger partial charge in [0, 0.05) is 26.7 Å². The fraction of sp³-hybridized carbons (Fsp3) is 0.706. The van der Waals surface area contributed by atoms with E-state index in [2.05, 4.69) is 4.98 Å². The number of hydrogen-bond acceptors (Lipinski definition) is 5. The number of fused-ring (bicyclic) bond motifs is 1. The minimum absolute atomic E-state index is 0.0730. The molecule has 0 saturated heterocycles. The minimum atomic E-state index is -0.422. The predicted molar refractivity (Wildman–Crippen MR) is 94.1 cm³/mol. The molecule has 0 radical (unpaired) electrons. The fourth-order valence-electron chi connectivity index (χ4n) is 3.55. The van der Waals surface area contributed by atoms with Crippen molar-refractivity contribution in [1.29, 1.82) is 0 Å². The Balaban J connectivity index is 2.05. The van der Waals surface area contributed by atoms with Gasteiger partial charge in [-0.25, -0.2) is 4.79 Å². The zero-order valence-electron chi connectivity index (χ0n) is 14.9. The first-order chi connectivity index (χ1) is 12.1. The van der Waals surface area contributed by atoms with Crippen molar-refractivity contribution >= 4 is 11.2 Å².